The molecule has 2 aromatic carbocycles. The average Bonchev–Trinajstić information content (AvgIpc) is 2.94. The van der Waals surface area contributed by atoms with Crippen LogP contribution < -0.4 is 10.1 Å². The number of nitrogens with one attached hydrogen (secondary N) is 1. The van der Waals surface area contributed by atoms with Crippen molar-refractivity contribution in [1.82, 2.24) is 9.90 Å². The number of aromatic nitrogens is 3. The van der Waals surface area contributed by atoms with Crippen LogP contribution >= 0.6 is 11.6 Å². The summed E-state index contributed by atoms with van der Waals surface area (Å²) in [5.41, 5.74) is 1.27. The summed E-state index contributed by atoms with van der Waals surface area (Å²) in [5.74, 6) is 0. The van der Waals surface area contributed by atoms with Crippen LogP contribution in [0.25, 0.3) is 22.1 Å². The van der Waals surface area contributed by atoms with Crippen LogP contribution in [0.5, 0.6) is 0 Å². The van der Waals surface area contributed by atoms with Crippen LogP contribution in [0.2, 0.25) is 5.02 Å². The second-order valence-electron chi connectivity index (χ2n) is 5.65. The molecule has 132 valence electrons. The molecule has 0 unspecified atom stereocenters. The molecule has 0 amide bonds. The van der Waals surface area contributed by atoms with E-state index in [9.17, 15) is 14.9 Å². The quantitative estimate of drug-likeness (QED) is 0.331. The second-order valence-corrected chi connectivity index (χ2v) is 6.09. The molecule has 9 heteroatoms. The first-order valence-corrected chi connectivity index (χ1v) is 7.85. The third kappa shape index (κ3) is 2.43. The van der Waals surface area contributed by atoms with Crippen molar-refractivity contribution >= 4 is 33.7 Å². The highest BCUT2D eigenvalue weighted by Crippen LogP contribution is 2.28. The van der Waals surface area contributed by atoms with Crippen molar-refractivity contribution in [3.05, 3.63) is 79.6 Å². The van der Waals surface area contributed by atoms with Crippen molar-refractivity contribution in [3.8, 4) is 5.69 Å². The molecule has 2 aromatic heterocycles. The standard InChI is InChI=1S/C17H11ClN4O3.H2O/c1-10-15(22(24)25)13-4-2-3-5-14(13)21-16(10)17(23)20(19-21)12-8-6-11(18)7-9-12;/h2-9H,1H3;1H2. The van der Waals surface area contributed by atoms with E-state index in [0.717, 1.165) is 0 Å². The van der Waals surface area contributed by atoms with Crippen molar-refractivity contribution < 1.29 is 14.9 Å². The fourth-order valence-electron chi connectivity index (χ4n) is 3.08. The fourth-order valence-corrected chi connectivity index (χ4v) is 3.21. The molecule has 4 rings (SSSR count). The molecule has 8 nitrogen and oxygen atoms in total. The van der Waals surface area contributed by atoms with Crippen LogP contribution in [0.1, 0.15) is 5.56 Å². The molecule has 0 bridgehead atoms. The number of nitrogens with zero attached hydrogens (tertiary/aromatic N) is 3. The van der Waals surface area contributed by atoms with E-state index in [4.69, 9.17) is 11.6 Å². The lowest BCUT2D eigenvalue weighted by Gasteiger charge is -2.01. The van der Waals surface area contributed by atoms with Gasteiger partial charge < -0.3 is 5.48 Å². The molecule has 2 N–H and O–H groups in total. The van der Waals surface area contributed by atoms with Crippen LogP contribution in [-0.2, 0) is 0 Å². The highest BCUT2D eigenvalue weighted by atomic mass is 35.5. The summed E-state index contributed by atoms with van der Waals surface area (Å²) in [6.45, 7) is 1.58. The largest absolute Gasteiger partial charge is 0.870 e. The van der Waals surface area contributed by atoms with Gasteiger partial charge in [-0.1, -0.05) is 33.6 Å². The van der Waals surface area contributed by atoms with Crippen molar-refractivity contribution in [2.24, 2.45) is 0 Å². The topological polar surface area (TPSA) is 115 Å². The Labute approximate surface area is 151 Å². The Morgan fingerprint density at radius 3 is 2.46 bits per heavy atom. The van der Waals surface area contributed by atoms with Crippen molar-refractivity contribution in [1.29, 1.82) is 0 Å². The number of fused-ring (bicyclic) bond motifs is 3. The van der Waals surface area contributed by atoms with E-state index in [1.165, 1.54) is 4.68 Å². The van der Waals surface area contributed by atoms with Crippen LogP contribution in [0, 0.1) is 17.0 Å². The molecule has 0 saturated carbocycles. The molecule has 0 aliphatic heterocycles. The van der Waals surface area contributed by atoms with Crippen LogP contribution in [-0.4, -0.2) is 20.3 Å². The predicted molar refractivity (Wildman–Crippen MR) is 95.4 cm³/mol. The van der Waals surface area contributed by atoms with E-state index < -0.39 is 4.92 Å². The summed E-state index contributed by atoms with van der Waals surface area (Å²) in [4.78, 5) is 24.0. The van der Waals surface area contributed by atoms with Gasteiger partial charge in [-0.15, -0.1) is 4.52 Å². The highest BCUT2D eigenvalue weighted by molar-refractivity contribution is 6.30. The number of halogens is 1. The minimum absolute atomic E-state index is 0. The number of hydrogen-bond acceptors (Lipinski definition) is 4. The molecule has 0 atom stereocenters. The molecule has 0 aliphatic carbocycles. The minimum Gasteiger partial charge on any atom is -0.870 e. The molecule has 26 heavy (non-hydrogen) atoms. The van der Waals surface area contributed by atoms with Crippen molar-refractivity contribution in [2.45, 2.75) is 6.92 Å². The third-order valence-electron chi connectivity index (χ3n) is 4.21. The Morgan fingerprint density at radius 1 is 1.15 bits per heavy atom. The van der Waals surface area contributed by atoms with E-state index in [1.807, 2.05) is 0 Å². The van der Waals surface area contributed by atoms with Crippen LogP contribution in [0.4, 0.5) is 5.69 Å². The number of benzene rings is 2. The van der Waals surface area contributed by atoms with Gasteiger partial charge in [0.1, 0.15) is 5.39 Å². The zero-order chi connectivity index (χ0) is 17.7. The molecule has 4 aromatic rings. The Morgan fingerprint density at radius 2 is 1.81 bits per heavy atom. The molecule has 0 radical (unpaired) electrons. The molecular formula is C17H13ClN4O4. The summed E-state index contributed by atoms with van der Waals surface area (Å²) < 4.78 is 2.92. The van der Waals surface area contributed by atoms with Crippen molar-refractivity contribution in [3.63, 3.8) is 0 Å². The van der Waals surface area contributed by atoms with Gasteiger partial charge in [-0.05, 0) is 43.3 Å². The lowest BCUT2D eigenvalue weighted by molar-refractivity contribution is -0.556. The molecule has 0 aliphatic rings. The Hall–Kier alpha value is -3.23. The summed E-state index contributed by atoms with van der Waals surface area (Å²) in [5, 5.41) is 15.6. The summed E-state index contributed by atoms with van der Waals surface area (Å²) in [6, 6.07) is 13.7. The zero-order valence-corrected chi connectivity index (χ0v) is 14.3. The molecular weight excluding hydrogens is 360 g/mol. The first-order chi connectivity index (χ1) is 12.0. The Bertz CT molecular complexity index is 1210. The number of rotatable bonds is 2. The number of pyridine rings is 1. The van der Waals surface area contributed by atoms with Gasteiger partial charge in [0.25, 0.3) is 11.2 Å². The first-order valence-electron chi connectivity index (χ1n) is 7.47. The van der Waals surface area contributed by atoms with Gasteiger partial charge in [0, 0.05) is 5.02 Å². The Balaban J connectivity index is 0.00000196. The molecule has 0 fully saturated rings. The number of aromatic amines is 1. The van der Waals surface area contributed by atoms with Crippen LogP contribution in [0.15, 0.2) is 53.3 Å². The minimum atomic E-state index is -0.448. The smallest absolute Gasteiger partial charge is 0.406 e. The average molecular weight is 373 g/mol. The Kier molecular flexibility index (Phi) is 4.23. The normalized spacial score (nSPS) is 10.8. The number of nitro groups is 1. The molecule has 0 saturated heterocycles. The van der Waals surface area contributed by atoms with E-state index in [2.05, 4.69) is 5.21 Å². The maximum absolute atomic E-state index is 12.9. The number of aryl methyl sites for hydroxylation is 1. The number of para-hydroxylation sites is 1. The lowest BCUT2D eigenvalue weighted by atomic mass is 10.1. The molecule has 2 heterocycles. The van der Waals surface area contributed by atoms with Gasteiger partial charge in [-0.3, -0.25) is 10.1 Å². The number of hydrogen-bond donors (Lipinski definition) is 1. The van der Waals surface area contributed by atoms with E-state index in [1.54, 1.807) is 60.0 Å². The van der Waals surface area contributed by atoms with Gasteiger partial charge in [0.05, 0.1) is 10.5 Å². The summed E-state index contributed by atoms with van der Waals surface area (Å²) >= 11 is 5.90. The van der Waals surface area contributed by atoms with Gasteiger partial charge in [0.2, 0.25) is 0 Å². The highest BCUT2D eigenvalue weighted by Gasteiger charge is 2.29. The fraction of sp³-hybridized carbons (Fsp3) is 0.0588. The van der Waals surface area contributed by atoms with E-state index in [-0.39, 0.29) is 22.2 Å². The van der Waals surface area contributed by atoms with Crippen LogP contribution in [0.3, 0.4) is 0 Å². The van der Waals surface area contributed by atoms with E-state index >= 15 is 0 Å². The monoisotopic (exact) mass is 372 g/mol. The summed E-state index contributed by atoms with van der Waals surface area (Å²) in [6.07, 6.45) is 0. The maximum atomic E-state index is 12.9. The predicted octanol–water partition coefficient (Wildman–Crippen LogP) is 2.75. The van der Waals surface area contributed by atoms with Gasteiger partial charge in [-0.2, -0.15) is 0 Å². The summed E-state index contributed by atoms with van der Waals surface area (Å²) in [7, 11) is 0. The third-order valence-corrected chi connectivity index (χ3v) is 4.46. The van der Waals surface area contributed by atoms with E-state index in [0.29, 0.717) is 27.2 Å². The molecule has 0 spiro atoms. The second kappa shape index (κ2) is 6.25. The van der Waals surface area contributed by atoms with Gasteiger partial charge in [-0.25, -0.2) is 4.79 Å². The zero-order valence-electron chi connectivity index (χ0n) is 13.5. The number of H-pyrrole nitrogens is 1. The van der Waals surface area contributed by atoms with Gasteiger partial charge >= 0.3 is 5.56 Å². The first kappa shape index (κ1) is 17.6. The van der Waals surface area contributed by atoms with Crippen molar-refractivity contribution in [2.75, 3.05) is 0 Å². The SMILES string of the molecule is Cc1c([N+](=O)[O-])c2ccccc2[n+]2[nH]n(-c3ccc(Cl)cc3)c(=O)c12.[OH-]. The maximum Gasteiger partial charge on any atom is 0.406 e. The van der Waals surface area contributed by atoms with Gasteiger partial charge in [0.15, 0.2) is 11.2 Å². The lowest BCUT2D eigenvalue weighted by Crippen LogP contribution is -2.27.